The maximum atomic E-state index is 13.1. The lowest BCUT2D eigenvalue weighted by atomic mass is 9.89. The second-order valence-corrected chi connectivity index (χ2v) is 12.0. The minimum absolute atomic E-state index is 0.0224. The molecule has 0 radical (unpaired) electrons. The van der Waals surface area contributed by atoms with Gasteiger partial charge in [0.25, 0.3) is 0 Å². The standard InChI is InChI=1S/C24H35F3N4O5S/c1-16(32)31-8-5-17(6-9-31)18-3-4-23-21(11-18)36-22-15-30(10-7-24(25,26)27)14-20(22)29(2)13-19(33)12-28-37(23,34)35/h3-4,11,17,19-20,22,28,33H,5-10,12-15H2,1-2H3/t19-,20+,22-/m0/s1. The fraction of sp³-hybridized carbons (Fsp3) is 0.708. The Balaban J connectivity index is 1.63. The number of alkyl halides is 3. The number of hydrogen-bond donors (Lipinski definition) is 2. The highest BCUT2D eigenvalue weighted by atomic mass is 32.2. The first-order valence-corrected chi connectivity index (χ1v) is 14.0. The van der Waals surface area contributed by atoms with Gasteiger partial charge in [-0.25, -0.2) is 13.1 Å². The zero-order valence-electron chi connectivity index (χ0n) is 21.1. The van der Waals surface area contributed by atoms with Gasteiger partial charge in [0, 0.05) is 52.7 Å². The van der Waals surface area contributed by atoms with E-state index in [1.54, 1.807) is 29.0 Å². The van der Waals surface area contributed by atoms with Crippen LogP contribution in [-0.2, 0) is 14.8 Å². The van der Waals surface area contributed by atoms with Gasteiger partial charge in [-0.3, -0.25) is 14.6 Å². The Labute approximate surface area is 215 Å². The summed E-state index contributed by atoms with van der Waals surface area (Å²) in [4.78, 5) is 16.9. The molecule has 37 heavy (non-hydrogen) atoms. The Hall–Kier alpha value is -1.93. The number of piperidine rings is 1. The van der Waals surface area contributed by atoms with Crippen LogP contribution in [0.15, 0.2) is 23.1 Å². The lowest BCUT2D eigenvalue weighted by molar-refractivity contribution is -0.137. The number of aliphatic hydroxyl groups is 1. The Morgan fingerprint density at radius 3 is 2.54 bits per heavy atom. The number of halogens is 3. The summed E-state index contributed by atoms with van der Waals surface area (Å²) in [5.74, 6) is 0.288. The predicted molar refractivity (Wildman–Crippen MR) is 130 cm³/mol. The maximum absolute atomic E-state index is 13.1. The molecular weight excluding hydrogens is 513 g/mol. The smallest absolute Gasteiger partial charge is 0.390 e. The Morgan fingerprint density at radius 1 is 1.19 bits per heavy atom. The number of sulfonamides is 1. The van der Waals surface area contributed by atoms with Gasteiger partial charge in [0.05, 0.1) is 18.6 Å². The molecule has 0 spiro atoms. The molecule has 13 heteroatoms. The third kappa shape index (κ3) is 6.94. The number of likely N-dealkylation sites (tertiary alicyclic amines) is 2. The lowest BCUT2D eigenvalue weighted by Crippen LogP contribution is -2.47. The average molecular weight is 549 g/mol. The normalized spacial score (nSPS) is 28.2. The molecule has 2 fully saturated rings. The number of ether oxygens (including phenoxy) is 1. The molecule has 2 N–H and O–H groups in total. The number of carbonyl (C=O) groups excluding carboxylic acids is 1. The summed E-state index contributed by atoms with van der Waals surface area (Å²) in [5.41, 5.74) is 0.892. The van der Waals surface area contributed by atoms with Crippen LogP contribution in [0.3, 0.4) is 0 Å². The highest BCUT2D eigenvalue weighted by Crippen LogP contribution is 2.35. The fourth-order valence-corrected chi connectivity index (χ4v) is 6.63. The highest BCUT2D eigenvalue weighted by Gasteiger charge is 2.40. The summed E-state index contributed by atoms with van der Waals surface area (Å²) in [7, 11) is -2.26. The van der Waals surface area contributed by atoms with Crippen LogP contribution in [0.2, 0.25) is 0 Å². The third-order valence-electron chi connectivity index (χ3n) is 7.55. The van der Waals surface area contributed by atoms with E-state index in [0.29, 0.717) is 19.6 Å². The van der Waals surface area contributed by atoms with Gasteiger partial charge in [0.1, 0.15) is 16.7 Å². The first-order valence-electron chi connectivity index (χ1n) is 12.6. The molecule has 2 saturated heterocycles. The lowest BCUT2D eigenvalue weighted by Gasteiger charge is -2.32. The van der Waals surface area contributed by atoms with Crippen LogP contribution in [0.1, 0.15) is 37.7 Å². The van der Waals surface area contributed by atoms with Crippen LogP contribution >= 0.6 is 0 Å². The molecule has 3 atom stereocenters. The number of hydrogen-bond acceptors (Lipinski definition) is 7. The number of likely N-dealkylation sites (N-methyl/N-ethyl adjacent to an activating group) is 1. The minimum Gasteiger partial charge on any atom is -0.486 e. The van der Waals surface area contributed by atoms with E-state index in [0.717, 1.165) is 18.4 Å². The maximum Gasteiger partial charge on any atom is 0.390 e. The van der Waals surface area contributed by atoms with E-state index in [1.165, 1.54) is 13.0 Å². The summed E-state index contributed by atoms with van der Waals surface area (Å²) in [6.45, 7) is 3.02. The zero-order valence-corrected chi connectivity index (χ0v) is 21.9. The van der Waals surface area contributed by atoms with E-state index in [4.69, 9.17) is 4.74 Å². The van der Waals surface area contributed by atoms with Crippen molar-refractivity contribution in [3.8, 4) is 5.75 Å². The molecule has 3 heterocycles. The SMILES string of the molecule is CC(=O)N1CCC(c2ccc3c(c2)O[C@H]2CN(CCC(F)(F)F)C[C@H]2N(C)C[C@@H](O)CNS3(=O)=O)CC1. The molecule has 1 aromatic carbocycles. The molecule has 0 unspecified atom stereocenters. The number of β-amino-alcohol motifs (C(OH)–C–C–N with tert-alkyl or cyclic N) is 1. The van der Waals surface area contributed by atoms with Crippen molar-refractivity contribution in [3.63, 3.8) is 0 Å². The van der Waals surface area contributed by atoms with Crippen molar-refractivity contribution in [1.82, 2.24) is 19.4 Å². The third-order valence-corrected chi connectivity index (χ3v) is 9.01. The highest BCUT2D eigenvalue weighted by molar-refractivity contribution is 7.89. The van der Waals surface area contributed by atoms with Crippen LogP contribution in [-0.4, -0.2) is 111 Å². The summed E-state index contributed by atoms with van der Waals surface area (Å²) < 4.78 is 73.6. The molecule has 0 saturated carbocycles. The Kier molecular flexibility index (Phi) is 8.39. The van der Waals surface area contributed by atoms with Crippen molar-refractivity contribution >= 4 is 15.9 Å². The summed E-state index contributed by atoms with van der Waals surface area (Å²) in [6.07, 6.45) is -5.36. The number of nitrogens with zero attached hydrogens (tertiary/aromatic N) is 3. The first-order chi connectivity index (χ1) is 17.3. The molecule has 4 rings (SSSR count). The number of nitrogens with one attached hydrogen (secondary N) is 1. The number of fused-ring (bicyclic) bond motifs is 2. The molecule has 0 aromatic heterocycles. The van der Waals surface area contributed by atoms with Crippen molar-refractivity contribution in [2.45, 2.75) is 61.4 Å². The van der Waals surface area contributed by atoms with E-state index in [9.17, 15) is 31.5 Å². The van der Waals surface area contributed by atoms with Gasteiger partial charge in [0.2, 0.25) is 15.9 Å². The molecule has 3 aliphatic rings. The summed E-state index contributed by atoms with van der Waals surface area (Å²) in [5, 5.41) is 10.4. The summed E-state index contributed by atoms with van der Waals surface area (Å²) >= 11 is 0. The van der Waals surface area contributed by atoms with Crippen molar-refractivity contribution in [3.05, 3.63) is 23.8 Å². The number of benzene rings is 1. The minimum atomic E-state index is -4.28. The number of carbonyl (C=O) groups is 1. The molecule has 208 valence electrons. The zero-order chi connectivity index (χ0) is 27.0. The van der Waals surface area contributed by atoms with Gasteiger partial charge >= 0.3 is 6.18 Å². The number of amides is 1. The van der Waals surface area contributed by atoms with E-state index in [-0.39, 0.29) is 54.7 Å². The monoisotopic (exact) mass is 548 g/mol. The van der Waals surface area contributed by atoms with Crippen molar-refractivity contribution < 1.29 is 36.2 Å². The van der Waals surface area contributed by atoms with Crippen molar-refractivity contribution in [2.75, 3.05) is 52.9 Å². The second-order valence-electron chi connectivity index (χ2n) is 10.3. The molecule has 1 amide bonds. The molecule has 0 aliphatic carbocycles. The van der Waals surface area contributed by atoms with E-state index < -0.39 is 34.8 Å². The molecule has 0 bridgehead atoms. The molecule has 1 aromatic rings. The summed E-state index contributed by atoms with van der Waals surface area (Å²) in [6, 6.07) is 4.62. The van der Waals surface area contributed by atoms with Crippen molar-refractivity contribution in [2.24, 2.45) is 0 Å². The van der Waals surface area contributed by atoms with Gasteiger partial charge in [0.15, 0.2) is 0 Å². The number of aliphatic hydroxyl groups excluding tert-OH is 1. The van der Waals surface area contributed by atoms with Gasteiger partial charge in [-0.1, -0.05) is 6.07 Å². The molecule has 3 aliphatic heterocycles. The van der Waals surface area contributed by atoms with Gasteiger partial charge in [-0.05, 0) is 43.5 Å². The first kappa shape index (κ1) is 28.1. The fourth-order valence-electron chi connectivity index (χ4n) is 5.44. The second kappa shape index (κ2) is 11.0. The Bertz CT molecular complexity index is 1080. The van der Waals surface area contributed by atoms with Gasteiger partial charge < -0.3 is 14.7 Å². The predicted octanol–water partition coefficient (Wildman–Crippen LogP) is 1.38. The van der Waals surface area contributed by atoms with Crippen molar-refractivity contribution in [1.29, 1.82) is 0 Å². The van der Waals surface area contributed by atoms with Crippen LogP contribution in [0, 0.1) is 0 Å². The average Bonchev–Trinajstić information content (AvgIpc) is 3.23. The van der Waals surface area contributed by atoms with E-state index in [1.807, 2.05) is 4.90 Å². The van der Waals surface area contributed by atoms with Crippen LogP contribution < -0.4 is 9.46 Å². The molecular formula is C24H35F3N4O5S. The van der Waals surface area contributed by atoms with Gasteiger partial charge in [-0.2, -0.15) is 13.2 Å². The largest absolute Gasteiger partial charge is 0.486 e. The Morgan fingerprint density at radius 2 is 1.89 bits per heavy atom. The van der Waals surface area contributed by atoms with E-state index >= 15 is 0 Å². The molecule has 9 nitrogen and oxygen atoms in total. The van der Waals surface area contributed by atoms with Crippen LogP contribution in [0.25, 0.3) is 0 Å². The topological polar surface area (TPSA) is 102 Å². The van der Waals surface area contributed by atoms with E-state index in [2.05, 4.69) is 4.72 Å². The number of rotatable bonds is 3. The van der Waals surface area contributed by atoms with Crippen LogP contribution in [0.4, 0.5) is 13.2 Å². The van der Waals surface area contributed by atoms with Crippen LogP contribution in [0.5, 0.6) is 5.75 Å². The quantitative estimate of drug-likeness (QED) is 0.589. The van der Waals surface area contributed by atoms with Gasteiger partial charge in [-0.15, -0.1) is 0 Å².